The van der Waals surface area contributed by atoms with Crippen LogP contribution >= 0.6 is 11.6 Å². The topological polar surface area (TPSA) is 118 Å². The number of allylic oxidation sites excluding steroid dienone is 1. The number of carboxylic acids is 1. The van der Waals surface area contributed by atoms with E-state index in [9.17, 15) is 19.5 Å². The molecule has 1 unspecified atom stereocenters. The van der Waals surface area contributed by atoms with Crippen molar-refractivity contribution in [3.63, 3.8) is 0 Å². The molecular formula is C20H16ClN3O5. The summed E-state index contributed by atoms with van der Waals surface area (Å²) in [4.78, 5) is 39.1. The van der Waals surface area contributed by atoms with E-state index in [1.807, 2.05) is 0 Å². The number of esters is 1. The number of hydrogen-bond donors (Lipinski definition) is 3. The van der Waals surface area contributed by atoms with Crippen LogP contribution in [-0.4, -0.2) is 28.1 Å². The van der Waals surface area contributed by atoms with Crippen molar-refractivity contribution in [2.24, 2.45) is 0 Å². The second-order valence-electron chi connectivity index (χ2n) is 6.11. The number of halogens is 1. The first-order valence-electron chi connectivity index (χ1n) is 8.46. The monoisotopic (exact) mass is 413 g/mol. The van der Waals surface area contributed by atoms with Crippen LogP contribution in [0.1, 0.15) is 24.1 Å². The molecule has 2 heterocycles. The molecule has 9 heteroatoms. The molecule has 3 rings (SSSR count). The van der Waals surface area contributed by atoms with Crippen molar-refractivity contribution in [1.29, 1.82) is 0 Å². The molecule has 1 atom stereocenters. The first kappa shape index (κ1) is 20.1. The molecule has 1 aliphatic heterocycles. The normalized spacial score (nSPS) is 16.3. The van der Waals surface area contributed by atoms with Crippen molar-refractivity contribution < 1.29 is 24.2 Å². The average molecular weight is 414 g/mol. The third-order valence-corrected chi connectivity index (χ3v) is 4.30. The lowest BCUT2D eigenvalue weighted by molar-refractivity contribution is -0.133. The van der Waals surface area contributed by atoms with Gasteiger partial charge in [-0.3, -0.25) is 0 Å². The second kappa shape index (κ2) is 8.57. The lowest BCUT2D eigenvalue weighted by atomic mass is 9.95. The fourth-order valence-electron chi connectivity index (χ4n) is 2.79. The van der Waals surface area contributed by atoms with Crippen LogP contribution in [-0.2, 0) is 9.59 Å². The number of nitrogens with one attached hydrogen (secondary N) is 2. The lowest BCUT2D eigenvalue weighted by Crippen LogP contribution is -2.45. The number of pyridine rings is 1. The molecule has 29 heavy (non-hydrogen) atoms. The largest absolute Gasteiger partial charge is 0.478 e. The van der Waals surface area contributed by atoms with Crippen molar-refractivity contribution >= 4 is 35.6 Å². The van der Waals surface area contributed by atoms with Crippen LogP contribution in [0.15, 0.2) is 59.9 Å². The van der Waals surface area contributed by atoms with Crippen LogP contribution in [0.4, 0.5) is 4.79 Å². The van der Waals surface area contributed by atoms with Gasteiger partial charge in [0.25, 0.3) is 0 Å². The SMILES string of the molecule is CC1=C(C(=O)O)C(c2ccc(OC(=O)C=Cc3ccnc(Cl)c3)cc2)NC(=O)N1. The third-order valence-electron chi connectivity index (χ3n) is 4.09. The highest BCUT2D eigenvalue weighted by Crippen LogP contribution is 2.28. The molecule has 0 bridgehead atoms. The van der Waals surface area contributed by atoms with Gasteiger partial charge in [-0.2, -0.15) is 0 Å². The highest BCUT2D eigenvalue weighted by Gasteiger charge is 2.30. The van der Waals surface area contributed by atoms with Gasteiger partial charge in [-0.25, -0.2) is 19.4 Å². The fourth-order valence-corrected chi connectivity index (χ4v) is 2.97. The highest BCUT2D eigenvalue weighted by atomic mass is 35.5. The molecule has 1 aromatic heterocycles. The molecule has 148 valence electrons. The van der Waals surface area contributed by atoms with E-state index < -0.39 is 24.0 Å². The van der Waals surface area contributed by atoms with Gasteiger partial charge in [0.05, 0.1) is 11.6 Å². The number of carbonyl (C=O) groups is 3. The summed E-state index contributed by atoms with van der Waals surface area (Å²) in [5.74, 6) is -1.46. The summed E-state index contributed by atoms with van der Waals surface area (Å²) in [7, 11) is 0. The van der Waals surface area contributed by atoms with Crippen LogP contribution < -0.4 is 15.4 Å². The fraction of sp³-hybridized carbons (Fsp3) is 0.100. The van der Waals surface area contributed by atoms with Crippen molar-refractivity contribution in [3.05, 3.63) is 76.2 Å². The molecule has 0 saturated carbocycles. The molecule has 0 radical (unpaired) electrons. The smallest absolute Gasteiger partial charge is 0.336 e. The van der Waals surface area contributed by atoms with Crippen LogP contribution in [0, 0.1) is 0 Å². The van der Waals surface area contributed by atoms with E-state index in [1.54, 1.807) is 30.3 Å². The number of urea groups is 1. The van der Waals surface area contributed by atoms with Gasteiger partial charge in [-0.1, -0.05) is 23.7 Å². The van der Waals surface area contributed by atoms with Crippen LogP contribution in [0.3, 0.4) is 0 Å². The molecule has 0 fully saturated rings. The van der Waals surface area contributed by atoms with E-state index >= 15 is 0 Å². The first-order valence-corrected chi connectivity index (χ1v) is 8.84. The standard InChI is InChI=1S/C20H16ClN3O5/c1-11-17(19(26)27)18(24-20(28)23-11)13-3-5-14(6-4-13)29-16(25)7-2-12-8-9-22-15(21)10-12/h2-10,18H,1H3,(H,26,27)(H2,23,24,28). The minimum absolute atomic E-state index is 0.0355. The maximum atomic E-state index is 12.0. The summed E-state index contributed by atoms with van der Waals surface area (Å²) >= 11 is 5.79. The third kappa shape index (κ3) is 4.99. The Labute approximate surface area is 170 Å². The van der Waals surface area contributed by atoms with E-state index in [-0.39, 0.29) is 17.0 Å². The van der Waals surface area contributed by atoms with Gasteiger partial charge in [0, 0.05) is 18.0 Å². The van der Waals surface area contributed by atoms with Gasteiger partial charge in [0.15, 0.2) is 0 Å². The summed E-state index contributed by atoms with van der Waals surface area (Å²) in [6.07, 6.45) is 4.32. The molecule has 1 aromatic carbocycles. The highest BCUT2D eigenvalue weighted by molar-refractivity contribution is 6.29. The molecule has 0 spiro atoms. The molecule has 3 N–H and O–H groups in total. The van der Waals surface area contributed by atoms with Crippen LogP contribution in [0.5, 0.6) is 5.75 Å². The maximum Gasteiger partial charge on any atom is 0.336 e. The zero-order valence-electron chi connectivity index (χ0n) is 15.2. The number of rotatable bonds is 5. The zero-order chi connectivity index (χ0) is 21.0. The minimum Gasteiger partial charge on any atom is -0.478 e. The number of benzene rings is 1. The first-order chi connectivity index (χ1) is 13.8. The van der Waals surface area contributed by atoms with E-state index in [4.69, 9.17) is 16.3 Å². The van der Waals surface area contributed by atoms with Crippen molar-refractivity contribution in [3.8, 4) is 5.75 Å². The van der Waals surface area contributed by atoms with E-state index in [0.717, 1.165) is 0 Å². The van der Waals surface area contributed by atoms with Gasteiger partial charge in [-0.05, 0) is 48.4 Å². The van der Waals surface area contributed by atoms with Crippen LogP contribution in [0.25, 0.3) is 6.08 Å². The molecule has 8 nitrogen and oxygen atoms in total. The number of carboxylic acid groups (broad SMARTS) is 1. The molecule has 0 saturated heterocycles. The Bertz CT molecular complexity index is 1030. The molecule has 1 aliphatic rings. The van der Waals surface area contributed by atoms with Gasteiger partial charge >= 0.3 is 18.0 Å². The minimum atomic E-state index is -1.14. The number of carbonyl (C=O) groups excluding carboxylic acids is 2. The molecule has 0 aliphatic carbocycles. The van der Waals surface area contributed by atoms with Crippen molar-refractivity contribution in [1.82, 2.24) is 15.6 Å². The molecular weight excluding hydrogens is 398 g/mol. The lowest BCUT2D eigenvalue weighted by Gasteiger charge is -2.27. The molecule has 2 aromatic rings. The summed E-state index contributed by atoms with van der Waals surface area (Å²) in [6, 6.07) is 8.19. The Morgan fingerprint density at radius 1 is 1.24 bits per heavy atom. The Kier molecular flexibility index (Phi) is 5.94. The van der Waals surface area contributed by atoms with E-state index in [1.165, 1.54) is 31.3 Å². The second-order valence-corrected chi connectivity index (χ2v) is 6.50. The van der Waals surface area contributed by atoms with Crippen molar-refractivity contribution in [2.45, 2.75) is 13.0 Å². The Hall–Kier alpha value is -3.65. The zero-order valence-corrected chi connectivity index (χ0v) is 15.9. The Balaban J connectivity index is 1.71. The average Bonchev–Trinajstić information content (AvgIpc) is 2.66. The number of amides is 2. The van der Waals surface area contributed by atoms with E-state index in [2.05, 4.69) is 15.6 Å². The number of aromatic nitrogens is 1. The summed E-state index contributed by atoms with van der Waals surface area (Å²) in [5.41, 5.74) is 1.54. The maximum absolute atomic E-state index is 12.0. The number of nitrogens with zero attached hydrogens (tertiary/aromatic N) is 1. The summed E-state index contributed by atoms with van der Waals surface area (Å²) in [5, 5.41) is 14.8. The Morgan fingerprint density at radius 2 is 1.97 bits per heavy atom. The van der Waals surface area contributed by atoms with Gasteiger partial charge in [-0.15, -0.1) is 0 Å². The number of hydrogen-bond acceptors (Lipinski definition) is 5. The summed E-state index contributed by atoms with van der Waals surface area (Å²) < 4.78 is 5.22. The predicted molar refractivity (Wildman–Crippen MR) is 105 cm³/mol. The number of ether oxygens (including phenoxy) is 1. The quantitative estimate of drug-likeness (QED) is 0.300. The van der Waals surface area contributed by atoms with Gasteiger partial charge in [0.2, 0.25) is 0 Å². The van der Waals surface area contributed by atoms with Gasteiger partial charge < -0.3 is 20.5 Å². The molecule has 2 amide bonds. The Morgan fingerprint density at radius 3 is 2.62 bits per heavy atom. The van der Waals surface area contributed by atoms with Crippen molar-refractivity contribution in [2.75, 3.05) is 0 Å². The van der Waals surface area contributed by atoms with Gasteiger partial charge in [0.1, 0.15) is 10.9 Å². The summed E-state index contributed by atoms with van der Waals surface area (Å²) in [6.45, 7) is 1.52. The van der Waals surface area contributed by atoms with E-state index in [0.29, 0.717) is 16.3 Å². The van der Waals surface area contributed by atoms with Crippen LogP contribution in [0.2, 0.25) is 5.15 Å². The predicted octanol–water partition coefficient (Wildman–Crippen LogP) is 3.07. The number of aliphatic carboxylic acids is 1.